The highest BCUT2D eigenvalue weighted by Crippen LogP contribution is 2.34. The van der Waals surface area contributed by atoms with Crippen molar-refractivity contribution in [3.63, 3.8) is 0 Å². The van der Waals surface area contributed by atoms with Gasteiger partial charge in [0.05, 0.1) is 5.69 Å². The van der Waals surface area contributed by atoms with E-state index in [1.54, 1.807) is 4.68 Å². The third kappa shape index (κ3) is 4.39. The number of ether oxygens (including phenoxy) is 1. The van der Waals surface area contributed by atoms with Crippen LogP contribution >= 0.6 is 0 Å². The van der Waals surface area contributed by atoms with Crippen LogP contribution in [-0.2, 0) is 10.2 Å². The molecular weight excluding hydrogens is 388 g/mol. The molecule has 0 saturated carbocycles. The van der Waals surface area contributed by atoms with E-state index in [2.05, 4.69) is 47.4 Å². The van der Waals surface area contributed by atoms with E-state index in [0.717, 1.165) is 18.5 Å². The van der Waals surface area contributed by atoms with Crippen molar-refractivity contribution in [2.75, 3.05) is 19.8 Å². The van der Waals surface area contributed by atoms with E-state index in [1.807, 2.05) is 43.3 Å². The second-order valence-electron chi connectivity index (χ2n) is 8.55. The van der Waals surface area contributed by atoms with Crippen LogP contribution in [0.5, 0.6) is 0 Å². The zero-order valence-electron chi connectivity index (χ0n) is 18.5. The number of benzene rings is 2. The van der Waals surface area contributed by atoms with Crippen LogP contribution in [0.1, 0.15) is 60.2 Å². The molecule has 1 fully saturated rings. The summed E-state index contributed by atoms with van der Waals surface area (Å²) in [6.07, 6.45) is 1.75. The lowest BCUT2D eigenvalue weighted by Gasteiger charge is -2.37. The number of nitrogens with one attached hydrogen (secondary N) is 1. The molecule has 0 atom stereocenters. The number of para-hydroxylation sites is 1. The van der Waals surface area contributed by atoms with Crippen molar-refractivity contribution in [1.29, 1.82) is 0 Å². The van der Waals surface area contributed by atoms with Gasteiger partial charge in [-0.1, -0.05) is 62.4 Å². The molecule has 1 aliphatic rings. The highest BCUT2D eigenvalue weighted by Gasteiger charge is 2.35. The Morgan fingerprint density at radius 1 is 1.10 bits per heavy atom. The summed E-state index contributed by atoms with van der Waals surface area (Å²) in [5.41, 5.74) is 3.25. The maximum absolute atomic E-state index is 13.0. The molecule has 6 nitrogen and oxygen atoms in total. The molecule has 4 rings (SSSR count). The van der Waals surface area contributed by atoms with Gasteiger partial charge in [0.25, 0.3) is 5.91 Å². The average molecular weight is 419 g/mol. The number of nitrogens with zero attached hydrogens (tertiary/aromatic N) is 3. The van der Waals surface area contributed by atoms with Crippen LogP contribution in [0.2, 0.25) is 0 Å². The fourth-order valence-corrected chi connectivity index (χ4v) is 4.33. The minimum absolute atomic E-state index is 0.128. The van der Waals surface area contributed by atoms with E-state index < -0.39 is 0 Å². The minimum atomic E-state index is -0.245. The van der Waals surface area contributed by atoms with Gasteiger partial charge in [0, 0.05) is 25.2 Å². The molecule has 2 heterocycles. The quantitative estimate of drug-likeness (QED) is 0.652. The predicted molar refractivity (Wildman–Crippen MR) is 121 cm³/mol. The van der Waals surface area contributed by atoms with Crippen molar-refractivity contribution in [3.05, 3.63) is 77.4 Å². The van der Waals surface area contributed by atoms with Crippen LogP contribution < -0.4 is 5.32 Å². The Balaban J connectivity index is 1.55. The molecular formula is C25H30N4O2. The molecule has 0 spiro atoms. The monoisotopic (exact) mass is 418 g/mol. The van der Waals surface area contributed by atoms with E-state index in [1.165, 1.54) is 11.1 Å². The molecule has 3 aromatic rings. The van der Waals surface area contributed by atoms with Gasteiger partial charge in [-0.2, -0.15) is 0 Å². The van der Waals surface area contributed by atoms with Gasteiger partial charge >= 0.3 is 0 Å². The first-order valence-corrected chi connectivity index (χ1v) is 10.9. The molecule has 1 N–H and O–H groups in total. The second kappa shape index (κ2) is 9.02. The van der Waals surface area contributed by atoms with Gasteiger partial charge < -0.3 is 10.1 Å². The third-order valence-corrected chi connectivity index (χ3v) is 6.18. The van der Waals surface area contributed by atoms with E-state index in [-0.39, 0.29) is 17.1 Å². The number of hydrogen-bond donors (Lipinski definition) is 1. The maximum atomic E-state index is 13.0. The molecule has 0 bridgehead atoms. The smallest absolute Gasteiger partial charge is 0.291 e. The molecule has 2 aromatic carbocycles. The Kier molecular flexibility index (Phi) is 6.18. The average Bonchev–Trinajstić information content (AvgIpc) is 3.20. The molecule has 1 aromatic heterocycles. The number of aromatic nitrogens is 3. The van der Waals surface area contributed by atoms with Gasteiger partial charge in [0.15, 0.2) is 0 Å². The van der Waals surface area contributed by atoms with Crippen LogP contribution in [0.3, 0.4) is 0 Å². The summed E-state index contributed by atoms with van der Waals surface area (Å²) in [5.74, 6) is 0.996. The topological polar surface area (TPSA) is 69.0 Å². The Hall–Kier alpha value is -2.99. The summed E-state index contributed by atoms with van der Waals surface area (Å²) in [4.78, 5) is 17.5. The standard InChI is InChI=1S/C25H30N4O2/c1-18(2)21-11-7-8-12-22(21)29-19(3)27-23(28-29)24(30)26-17-25(13-15-31-16-14-25)20-9-5-4-6-10-20/h4-12,18H,13-17H2,1-3H3,(H,26,30). The first-order chi connectivity index (χ1) is 15.0. The fourth-order valence-electron chi connectivity index (χ4n) is 4.33. The van der Waals surface area contributed by atoms with E-state index in [9.17, 15) is 4.79 Å². The van der Waals surface area contributed by atoms with Crippen LogP contribution in [0.15, 0.2) is 54.6 Å². The summed E-state index contributed by atoms with van der Waals surface area (Å²) in [7, 11) is 0. The van der Waals surface area contributed by atoms with Crippen molar-refractivity contribution < 1.29 is 9.53 Å². The van der Waals surface area contributed by atoms with E-state index >= 15 is 0 Å². The first kappa shape index (κ1) is 21.2. The molecule has 0 unspecified atom stereocenters. The van der Waals surface area contributed by atoms with E-state index in [0.29, 0.717) is 31.5 Å². The number of rotatable bonds is 6. The maximum Gasteiger partial charge on any atom is 0.291 e. The Morgan fingerprint density at radius 2 is 1.77 bits per heavy atom. The zero-order valence-corrected chi connectivity index (χ0v) is 18.5. The van der Waals surface area contributed by atoms with Crippen LogP contribution in [-0.4, -0.2) is 40.4 Å². The highest BCUT2D eigenvalue weighted by atomic mass is 16.5. The zero-order chi connectivity index (χ0) is 21.8. The van der Waals surface area contributed by atoms with Gasteiger partial charge in [-0.05, 0) is 42.9 Å². The SMILES string of the molecule is Cc1nc(C(=O)NCC2(c3ccccc3)CCOCC2)nn1-c1ccccc1C(C)C. The second-order valence-corrected chi connectivity index (χ2v) is 8.55. The fraction of sp³-hybridized carbons (Fsp3) is 0.400. The summed E-state index contributed by atoms with van der Waals surface area (Å²) in [6, 6.07) is 18.5. The number of amides is 1. The summed E-state index contributed by atoms with van der Waals surface area (Å²) in [5, 5.41) is 7.66. The van der Waals surface area contributed by atoms with Crippen LogP contribution in [0.4, 0.5) is 0 Å². The lowest BCUT2D eigenvalue weighted by Crippen LogP contribution is -2.44. The molecule has 6 heteroatoms. The number of carbonyl (C=O) groups excluding carboxylic acids is 1. The molecule has 1 aliphatic heterocycles. The van der Waals surface area contributed by atoms with Gasteiger partial charge in [0.2, 0.25) is 5.82 Å². The van der Waals surface area contributed by atoms with Gasteiger partial charge in [0.1, 0.15) is 5.82 Å². The summed E-state index contributed by atoms with van der Waals surface area (Å²) < 4.78 is 7.36. The molecule has 0 radical (unpaired) electrons. The van der Waals surface area contributed by atoms with E-state index in [4.69, 9.17) is 4.74 Å². The van der Waals surface area contributed by atoms with Crippen LogP contribution in [0.25, 0.3) is 5.69 Å². The Bertz CT molecular complexity index is 1040. The van der Waals surface area contributed by atoms with Crippen molar-refractivity contribution in [2.24, 2.45) is 0 Å². The van der Waals surface area contributed by atoms with Gasteiger partial charge in [-0.15, -0.1) is 5.10 Å². The summed E-state index contributed by atoms with van der Waals surface area (Å²) >= 11 is 0. The third-order valence-electron chi connectivity index (χ3n) is 6.18. The van der Waals surface area contributed by atoms with Gasteiger partial charge in [-0.25, -0.2) is 9.67 Å². The Morgan fingerprint density at radius 3 is 2.48 bits per heavy atom. The lowest BCUT2D eigenvalue weighted by atomic mass is 9.74. The molecule has 162 valence electrons. The van der Waals surface area contributed by atoms with Crippen molar-refractivity contribution >= 4 is 5.91 Å². The molecule has 31 heavy (non-hydrogen) atoms. The van der Waals surface area contributed by atoms with Gasteiger partial charge in [-0.3, -0.25) is 4.79 Å². The van der Waals surface area contributed by atoms with Crippen LogP contribution in [0, 0.1) is 6.92 Å². The number of aryl methyl sites for hydroxylation is 1. The molecule has 0 aliphatic carbocycles. The van der Waals surface area contributed by atoms with Crippen molar-refractivity contribution in [2.45, 2.75) is 44.9 Å². The van der Waals surface area contributed by atoms with Crippen molar-refractivity contribution in [1.82, 2.24) is 20.1 Å². The number of carbonyl (C=O) groups is 1. The normalized spacial score (nSPS) is 15.7. The molecule has 1 amide bonds. The number of hydrogen-bond acceptors (Lipinski definition) is 4. The lowest BCUT2D eigenvalue weighted by molar-refractivity contribution is 0.0486. The largest absolute Gasteiger partial charge is 0.381 e. The Labute approximate surface area is 183 Å². The van der Waals surface area contributed by atoms with Crippen molar-refractivity contribution in [3.8, 4) is 5.69 Å². The highest BCUT2D eigenvalue weighted by molar-refractivity contribution is 5.90. The first-order valence-electron chi connectivity index (χ1n) is 10.9. The minimum Gasteiger partial charge on any atom is -0.381 e. The molecule has 1 saturated heterocycles. The summed E-state index contributed by atoms with van der Waals surface area (Å²) in [6.45, 7) is 8.11. The predicted octanol–water partition coefficient (Wildman–Crippen LogP) is 4.18.